The number of ether oxygens (including phenoxy) is 2. The molecule has 0 saturated carbocycles. The smallest absolute Gasteiger partial charge is 0.226 e. The number of carbonyl (C=O) groups is 1. The second-order valence-electron chi connectivity index (χ2n) is 5.31. The average Bonchev–Trinajstić information content (AvgIpc) is 2.62. The molecule has 0 aliphatic carbocycles. The van der Waals surface area contributed by atoms with Crippen molar-refractivity contribution in [1.82, 2.24) is 0 Å². The molecule has 25 heavy (non-hydrogen) atoms. The molecule has 0 bridgehead atoms. The van der Waals surface area contributed by atoms with E-state index in [-0.39, 0.29) is 13.0 Å². The highest BCUT2D eigenvalue weighted by atomic mass is 19.2. The van der Waals surface area contributed by atoms with E-state index in [9.17, 15) is 18.0 Å². The fourth-order valence-electron chi connectivity index (χ4n) is 2.31. The van der Waals surface area contributed by atoms with Crippen molar-refractivity contribution in [2.45, 2.75) is 6.42 Å². The monoisotopic (exact) mass is 352 g/mol. The molecule has 5 nitrogen and oxygen atoms in total. The Balaban J connectivity index is 1.52. The minimum absolute atomic E-state index is 0.00682. The molecule has 1 aliphatic heterocycles. The number of halogens is 3. The van der Waals surface area contributed by atoms with E-state index in [4.69, 9.17) is 9.47 Å². The molecule has 0 radical (unpaired) electrons. The maximum absolute atomic E-state index is 13.5. The van der Waals surface area contributed by atoms with Crippen LogP contribution in [0.2, 0.25) is 0 Å². The van der Waals surface area contributed by atoms with Crippen LogP contribution in [0.15, 0.2) is 30.3 Å². The molecule has 0 saturated heterocycles. The molecule has 0 aromatic heterocycles. The fourth-order valence-corrected chi connectivity index (χ4v) is 2.31. The molecule has 2 aromatic rings. The Bertz CT molecular complexity index is 799. The first kappa shape index (κ1) is 16.9. The topological polar surface area (TPSA) is 59.6 Å². The number of hydrogen-bond acceptors (Lipinski definition) is 4. The third kappa shape index (κ3) is 3.96. The van der Waals surface area contributed by atoms with Crippen molar-refractivity contribution < 1.29 is 27.4 Å². The molecule has 0 unspecified atom stereocenters. The van der Waals surface area contributed by atoms with E-state index in [1.807, 2.05) is 0 Å². The summed E-state index contributed by atoms with van der Waals surface area (Å²) >= 11 is 0. The van der Waals surface area contributed by atoms with Gasteiger partial charge in [-0.15, -0.1) is 0 Å². The van der Waals surface area contributed by atoms with Crippen LogP contribution in [0.25, 0.3) is 0 Å². The van der Waals surface area contributed by atoms with Crippen LogP contribution in [-0.2, 0) is 4.79 Å². The van der Waals surface area contributed by atoms with Crippen LogP contribution >= 0.6 is 0 Å². The van der Waals surface area contributed by atoms with Gasteiger partial charge in [-0.3, -0.25) is 4.79 Å². The van der Waals surface area contributed by atoms with Crippen LogP contribution < -0.4 is 20.1 Å². The summed E-state index contributed by atoms with van der Waals surface area (Å²) in [5.41, 5.74) is 0.333. The molecule has 2 N–H and O–H groups in total. The van der Waals surface area contributed by atoms with Gasteiger partial charge in [-0.25, -0.2) is 13.2 Å². The second kappa shape index (κ2) is 7.33. The Kier molecular flexibility index (Phi) is 4.97. The minimum Gasteiger partial charge on any atom is -0.486 e. The number of amides is 1. The zero-order valence-electron chi connectivity index (χ0n) is 13.1. The molecule has 3 rings (SSSR count). The lowest BCUT2D eigenvalue weighted by atomic mass is 10.2. The zero-order valence-corrected chi connectivity index (χ0v) is 13.1. The van der Waals surface area contributed by atoms with Gasteiger partial charge < -0.3 is 20.1 Å². The average molecular weight is 352 g/mol. The van der Waals surface area contributed by atoms with Crippen molar-refractivity contribution in [3.05, 3.63) is 47.8 Å². The number of anilines is 2. The van der Waals surface area contributed by atoms with Crippen molar-refractivity contribution in [3.8, 4) is 11.5 Å². The SMILES string of the molecule is O=C(CCNc1ccc2c(c1)OCCO2)Nc1ccc(F)c(F)c1F. The van der Waals surface area contributed by atoms with Crippen LogP contribution in [-0.4, -0.2) is 25.7 Å². The predicted octanol–water partition coefficient (Wildman–Crippen LogP) is 3.32. The normalized spacial score (nSPS) is 12.6. The third-order valence-corrected chi connectivity index (χ3v) is 3.53. The number of benzene rings is 2. The third-order valence-electron chi connectivity index (χ3n) is 3.53. The first-order valence-electron chi connectivity index (χ1n) is 7.61. The summed E-state index contributed by atoms with van der Waals surface area (Å²) < 4.78 is 50.3. The quantitative estimate of drug-likeness (QED) is 0.811. The largest absolute Gasteiger partial charge is 0.486 e. The Morgan fingerprint density at radius 3 is 2.56 bits per heavy atom. The van der Waals surface area contributed by atoms with E-state index in [0.29, 0.717) is 24.7 Å². The molecule has 8 heteroatoms. The Hall–Kier alpha value is -2.90. The van der Waals surface area contributed by atoms with Crippen molar-refractivity contribution in [3.63, 3.8) is 0 Å². The molecular weight excluding hydrogens is 337 g/mol. The van der Waals surface area contributed by atoms with Crippen molar-refractivity contribution in [2.24, 2.45) is 0 Å². The van der Waals surface area contributed by atoms with Gasteiger partial charge in [-0.2, -0.15) is 0 Å². The van der Waals surface area contributed by atoms with Crippen LogP contribution in [0.1, 0.15) is 6.42 Å². The highest BCUT2D eigenvalue weighted by Crippen LogP contribution is 2.32. The first-order chi connectivity index (χ1) is 12.0. The Labute approximate surface area is 141 Å². The molecule has 1 amide bonds. The van der Waals surface area contributed by atoms with E-state index in [1.165, 1.54) is 0 Å². The van der Waals surface area contributed by atoms with E-state index in [2.05, 4.69) is 10.6 Å². The zero-order chi connectivity index (χ0) is 17.8. The summed E-state index contributed by atoms with van der Waals surface area (Å²) in [7, 11) is 0. The maximum atomic E-state index is 13.5. The highest BCUT2D eigenvalue weighted by molar-refractivity contribution is 5.91. The van der Waals surface area contributed by atoms with Crippen LogP contribution in [0, 0.1) is 17.5 Å². The van der Waals surface area contributed by atoms with Gasteiger partial charge in [0.05, 0.1) is 5.69 Å². The van der Waals surface area contributed by atoms with Gasteiger partial charge in [0.2, 0.25) is 5.91 Å². The molecular formula is C17H15F3N2O3. The van der Waals surface area contributed by atoms with Gasteiger partial charge in [0.15, 0.2) is 29.0 Å². The van der Waals surface area contributed by atoms with E-state index in [0.717, 1.165) is 17.8 Å². The van der Waals surface area contributed by atoms with Crippen molar-refractivity contribution in [2.75, 3.05) is 30.4 Å². The van der Waals surface area contributed by atoms with Crippen molar-refractivity contribution >= 4 is 17.3 Å². The lowest BCUT2D eigenvalue weighted by Gasteiger charge is -2.19. The summed E-state index contributed by atoms with van der Waals surface area (Å²) in [6.45, 7) is 1.23. The van der Waals surface area contributed by atoms with Gasteiger partial charge in [0.25, 0.3) is 0 Å². The number of fused-ring (bicyclic) bond motifs is 1. The maximum Gasteiger partial charge on any atom is 0.226 e. The molecule has 1 aliphatic rings. The molecule has 1 heterocycles. The van der Waals surface area contributed by atoms with Crippen molar-refractivity contribution in [1.29, 1.82) is 0 Å². The standard InChI is InChI=1S/C17H15F3N2O3/c18-11-2-3-12(17(20)16(11)19)22-15(23)5-6-21-10-1-4-13-14(9-10)25-8-7-24-13/h1-4,9,21H,5-8H2,(H,22,23). The van der Waals surface area contributed by atoms with E-state index >= 15 is 0 Å². The highest BCUT2D eigenvalue weighted by Gasteiger charge is 2.15. The van der Waals surface area contributed by atoms with Crippen LogP contribution in [0.5, 0.6) is 11.5 Å². The Morgan fingerprint density at radius 2 is 1.76 bits per heavy atom. The molecule has 0 spiro atoms. The minimum atomic E-state index is -1.62. The lowest BCUT2D eigenvalue weighted by molar-refractivity contribution is -0.116. The molecule has 2 aromatic carbocycles. The van der Waals surface area contributed by atoms with Gasteiger partial charge in [0.1, 0.15) is 13.2 Å². The number of hydrogen-bond donors (Lipinski definition) is 2. The van der Waals surface area contributed by atoms with Gasteiger partial charge in [-0.1, -0.05) is 0 Å². The summed E-state index contributed by atoms with van der Waals surface area (Å²) in [5, 5.41) is 5.23. The first-order valence-corrected chi connectivity index (χ1v) is 7.61. The number of rotatable bonds is 5. The summed E-state index contributed by atoms with van der Waals surface area (Å²) in [4.78, 5) is 11.8. The van der Waals surface area contributed by atoms with Crippen LogP contribution in [0.3, 0.4) is 0 Å². The van der Waals surface area contributed by atoms with E-state index < -0.39 is 29.0 Å². The van der Waals surface area contributed by atoms with Gasteiger partial charge in [0, 0.05) is 24.7 Å². The molecule has 132 valence electrons. The Morgan fingerprint density at radius 1 is 1.00 bits per heavy atom. The van der Waals surface area contributed by atoms with Gasteiger partial charge in [-0.05, 0) is 24.3 Å². The fraction of sp³-hybridized carbons (Fsp3) is 0.235. The number of carbonyl (C=O) groups excluding carboxylic acids is 1. The van der Waals surface area contributed by atoms with Gasteiger partial charge >= 0.3 is 0 Å². The number of nitrogens with one attached hydrogen (secondary N) is 2. The van der Waals surface area contributed by atoms with Crippen LogP contribution in [0.4, 0.5) is 24.5 Å². The predicted molar refractivity (Wildman–Crippen MR) is 85.5 cm³/mol. The second-order valence-corrected chi connectivity index (χ2v) is 5.31. The summed E-state index contributed by atoms with van der Waals surface area (Å²) in [5.74, 6) is -3.61. The van der Waals surface area contributed by atoms with E-state index in [1.54, 1.807) is 18.2 Å². The molecule has 0 atom stereocenters. The molecule has 0 fully saturated rings. The lowest BCUT2D eigenvalue weighted by Crippen LogP contribution is -2.18. The summed E-state index contributed by atoms with van der Waals surface area (Å²) in [6, 6.07) is 7.01. The summed E-state index contributed by atoms with van der Waals surface area (Å²) in [6.07, 6.45) is 0.00682.